The van der Waals surface area contributed by atoms with Crippen LogP contribution >= 0.6 is 0 Å². The smallest absolute Gasteiger partial charge is 0.305 e. The summed E-state index contributed by atoms with van der Waals surface area (Å²) >= 11 is 0. The Morgan fingerprint density at radius 2 is 1.66 bits per heavy atom. The molecule has 2 fully saturated rings. The van der Waals surface area contributed by atoms with Crippen molar-refractivity contribution in [2.45, 2.75) is 148 Å². The number of amides is 2. The van der Waals surface area contributed by atoms with Gasteiger partial charge in [0.05, 0.1) is 13.0 Å². The molecule has 1 heterocycles. The van der Waals surface area contributed by atoms with Crippen molar-refractivity contribution >= 4 is 17.8 Å². The summed E-state index contributed by atoms with van der Waals surface area (Å²) in [6.07, 6.45) is 12.3. The Bertz CT molecular complexity index is 1040. The number of carboxylic acids is 1. The topological polar surface area (TPSA) is 114 Å². The van der Waals surface area contributed by atoms with Gasteiger partial charge < -0.3 is 25.2 Å². The molecule has 1 aromatic rings. The maximum absolute atomic E-state index is 13.7. The molecule has 5 unspecified atom stereocenters. The highest BCUT2D eigenvalue weighted by Gasteiger charge is 2.46. The third-order valence-corrected chi connectivity index (χ3v) is 9.35. The minimum atomic E-state index is -0.952. The molecule has 2 aliphatic rings. The SMILES string of the molecule is CCCCCCCCCC(Cc1ccccc1)C(=O)NC1CCCC(C(CC(=O)O)NC(=O)C2OC(C)(C)OCC2(C)C)C1. The van der Waals surface area contributed by atoms with Crippen molar-refractivity contribution in [1.29, 1.82) is 0 Å². The summed E-state index contributed by atoms with van der Waals surface area (Å²) in [6.45, 7) is 10.00. The molecule has 0 spiro atoms. The van der Waals surface area contributed by atoms with Gasteiger partial charge in [-0.2, -0.15) is 0 Å². The fourth-order valence-electron chi connectivity index (χ4n) is 6.72. The lowest BCUT2D eigenvalue weighted by Crippen LogP contribution is -2.59. The van der Waals surface area contributed by atoms with E-state index in [-0.39, 0.29) is 36.1 Å². The molecule has 44 heavy (non-hydrogen) atoms. The third-order valence-electron chi connectivity index (χ3n) is 9.35. The molecule has 0 radical (unpaired) electrons. The van der Waals surface area contributed by atoms with E-state index in [9.17, 15) is 19.5 Å². The second-order valence-corrected chi connectivity index (χ2v) is 14.3. The summed E-state index contributed by atoms with van der Waals surface area (Å²) in [5.41, 5.74) is 0.613. The van der Waals surface area contributed by atoms with Gasteiger partial charge in [-0.1, -0.05) is 102 Å². The first-order valence-corrected chi connectivity index (χ1v) is 17.1. The maximum atomic E-state index is 13.7. The van der Waals surface area contributed by atoms with Gasteiger partial charge in [0.25, 0.3) is 0 Å². The van der Waals surface area contributed by atoms with Crippen molar-refractivity contribution < 1.29 is 29.0 Å². The largest absolute Gasteiger partial charge is 0.481 e. The normalized spacial score (nSPS) is 24.2. The fraction of sp³-hybridized carbons (Fsp3) is 0.750. The van der Waals surface area contributed by atoms with E-state index in [2.05, 4.69) is 29.7 Å². The van der Waals surface area contributed by atoms with Gasteiger partial charge in [0.1, 0.15) is 6.10 Å². The average molecular weight is 615 g/mol. The zero-order valence-corrected chi connectivity index (χ0v) is 27.9. The quantitative estimate of drug-likeness (QED) is 0.166. The van der Waals surface area contributed by atoms with Crippen molar-refractivity contribution in [3.8, 4) is 0 Å². The number of rotatable bonds is 17. The Hall–Kier alpha value is -2.45. The second kappa shape index (κ2) is 17.3. The number of nitrogens with one attached hydrogen (secondary N) is 2. The molecule has 0 aromatic heterocycles. The van der Waals surface area contributed by atoms with Crippen molar-refractivity contribution in [2.75, 3.05) is 6.61 Å². The molecule has 3 rings (SSSR count). The minimum absolute atomic E-state index is 0.0449. The molecule has 8 nitrogen and oxygen atoms in total. The van der Waals surface area contributed by atoms with Crippen LogP contribution in [0.5, 0.6) is 0 Å². The highest BCUT2D eigenvalue weighted by Crippen LogP contribution is 2.36. The highest BCUT2D eigenvalue weighted by atomic mass is 16.7. The van der Waals surface area contributed by atoms with E-state index in [4.69, 9.17) is 9.47 Å². The number of ether oxygens (including phenoxy) is 2. The average Bonchev–Trinajstić information content (AvgIpc) is 2.97. The van der Waals surface area contributed by atoms with Crippen LogP contribution in [-0.2, 0) is 30.3 Å². The van der Waals surface area contributed by atoms with Crippen molar-refractivity contribution in [2.24, 2.45) is 17.3 Å². The molecule has 1 aromatic carbocycles. The van der Waals surface area contributed by atoms with E-state index in [1.807, 2.05) is 32.0 Å². The Kier molecular flexibility index (Phi) is 14.2. The van der Waals surface area contributed by atoms with Crippen LogP contribution in [0.3, 0.4) is 0 Å². The fourth-order valence-corrected chi connectivity index (χ4v) is 6.72. The van der Waals surface area contributed by atoms with Gasteiger partial charge in [-0.15, -0.1) is 0 Å². The van der Waals surface area contributed by atoms with Gasteiger partial charge in [-0.25, -0.2) is 0 Å². The first-order chi connectivity index (χ1) is 20.9. The van der Waals surface area contributed by atoms with Crippen molar-refractivity contribution in [1.82, 2.24) is 10.6 Å². The molecule has 5 atom stereocenters. The number of benzene rings is 1. The Morgan fingerprint density at radius 3 is 2.34 bits per heavy atom. The lowest BCUT2D eigenvalue weighted by atomic mass is 9.79. The van der Waals surface area contributed by atoms with Gasteiger partial charge in [0.2, 0.25) is 11.8 Å². The van der Waals surface area contributed by atoms with Gasteiger partial charge in [-0.05, 0) is 57.4 Å². The van der Waals surface area contributed by atoms with E-state index in [0.29, 0.717) is 19.4 Å². The first-order valence-electron chi connectivity index (χ1n) is 17.1. The Morgan fingerprint density at radius 1 is 0.977 bits per heavy atom. The predicted octanol–water partition coefficient (Wildman–Crippen LogP) is 6.80. The van der Waals surface area contributed by atoms with Gasteiger partial charge in [0, 0.05) is 23.4 Å². The lowest BCUT2D eigenvalue weighted by molar-refractivity contribution is -0.304. The lowest BCUT2D eigenvalue weighted by Gasteiger charge is -2.45. The molecule has 8 heteroatoms. The summed E-state index contributed by atoms with van der Waals surface area (Å²) in [5, 5.41) is 16.1. The van der Waals surface area contributed by atoms with Gasteiger partial charge in [-0.3, -0.25) is 14.4 Å². The molecule has 1 saturated carbocycles. The van der Waals surface area contributed by atoms with Crippen LogP contribution < -0.4 is 10.6 Å². The summed E-state index contributed by atoms with van der Waals surface area (Å²) in [5.74, 6) is -2.22. The van der Waals surface area contributed by atoms with Crippen LogP contribution in [0.4, 0.5) is 0 Å². The molecular weight excluding hydrogens is 556 g/mol. The molecule has 1 aliphatic heterocycles. The Labute approximate surface area is 265 Å². The number of unbranched alkanes of at least 4 members (excludes halogenated alkanes) is 6. The highest BCUT2D eigenvalue weighted by molar-refractivity contribution is 5.83. The molecule has 1 saturated heterocycles. The van der Waals surface area contributed by atoms with Crippen LogP contribution in [0.2, 0.25) is 0 Å². The van der Waals surface area contributed by atoms with E-state index < -0.39 is 29.3 Å². The first kappa shape index (κ1) is 36.0. The second-order valence-electron chi connectivity index (χ2n) is 14.3. The maximum Gasteiger partial charge on any atom is 0.305 e. The van der Waals surface area contributed by atoms with E-state index >= 15 is 0 Å². The molecule has 248 valence electrons. The van der Waals surface area contributed by atoms with E-state index in [0.717, 1.165) is 38.5 Å². The minimum Gasteiger partial charge on any atom is -0.481 e. The van der Waals surface area contributed by atoms with Crippen LogP contribution in [0, 0.1) is 17.3 Å². The molecule has 1 aliphatic carbocycles. The van der Waals surface area contributed by atoms with E-state index in [1.54, 1.807) is 13.8 Å². The zero-order chi connectivity index (χ0) is 32.2. The van der Waals surface area contributed by atoms with Crippen molar-refractivity contribution in [3.05, 3.63) is 35.9 Å². The third kappa shape index (κ3) is 11.8. The summed E-state index contributed by atoms with van der Waals surface area (Å²) in [7, 11) is 0. The van der Waals surface area contributed by atoms with Gasteiger partial charge >= 0.3 is 5.97 Å². The monoisotopic (exact) mass is 614 g/mol. The van der Waals surface area contributed by atoms with Crippen molar-refractivity contribution in [3.63, 3.8) is 0 Å². The molecule has 2 amide bonds. The summed E-state index contributed by atoms with van der Waals surface area (Å²) in [4.78, 5) is 39.1. The zero-order valence-electron chi connectivity index (χ0n) is 27.9. The number of carboxylic acid groups (broad SMARTS) is 1. The van der Waals surface area contributed by atoms with Crippen LogP contribution in [0.15, 0.2) is 30.3 Å². The number of hydrogen-bond donors (Lipinski definition) is 3. The summed E-state index contributed by atoms with van der Waals surface area (Å²) < 4.78 is 11.8. The predicted molar refractivity (Wildman–Crippen MR) is 173 cm³/mol. The van der Waals surface area contributed by atoms with Crippen LogP contribution in [0.25, 0.3) is 0 Å². The number of carbonyl (C=O) groups is 3. The van der Waals surface area contributed by atoms with Gasteiger partial charge in [0.15, 0.2) is 5.79 Å². The van der Waals surface area contributed by atoms with Crippen LogP contribution in [0.1, 0.15) is 124 Å². The van der Waals surface area contributed by atoms with Crippen LogP contribution in [-0.4, -0.2) is 53.5 Å². The number of hydrogen-bond acceptors (Lipinski definition) is 5. The molecular formula is C36H58N2O6. The Balaban J connectivity index is 1.62. The summed E-state index contributed by atoms with van der Waals surface area (Å²) in [6, 6.07) is 9.63. The van der Waals surface area contributed by atoms with E-state index in [1.165, 1.54) is 37.7 Å². The molecule has 3 N–H and O–H groups in total. The molecule has 0 bridgehead atoms. The number of aliphatic carboxylic acids is 1. The standard InChI is InChI=1S/C36H58N2O6/c1-6-7-8-9-10-11-15-19-28(22-26-17-13-12-14-18-26)33(41)37-29-21-16-20-27(23-29)30(24-31(39)40)38-34(42)32-35(2,3)25-43-36(4,5)44-32/h12-14,17-18,27-30,32H,6-11,15-16,19-25H2,1-5H3,(H,37,41)(H,38,42)(H,39,40). The number of carbonyl (C=O) groups excluding carboxylic acids is 2.